The van der Waals surface area contributed by atoms with Gasteiger partial charge in [0.2, 0.25) is 5.91 Å². The monoisotopic (exact) mass is 348 g/mol. The Bertz CT molecular complexity index is 626. The lowest BCUT2D eigenvalue weighted by Gasteiger charge is -2.35. The first kappa shape index (κ1) is 17.9. The van der Waals surface area contributed by atoms with Gasteiger partial charge in [-0.3, -0.25) is 14.5 Å². The first-order chi connectivity index (χ1) is 12.0. The summed E-state index contributed by atoms with van der Waals surface area (Å²) in [7, 11) is 0. The quantitative estimate of drug-likeness (QED) is 0.824. The number of carbonyl (C=O) groups excluding carboxylic acids is 2. The number of likely N-dealkylation sites (tertiary alicyclic amines) is 1. The van der Waals surface area contributed by atoms with Crippen LogP contribution in [0.2, 0.25) is 0 Å². The van der Waals surface area contributed by atoms with Gasteiger partial charge in [0.1, 0.15) is 5.56 Å². The van der Waals surface area contributed by atoms with Crippen molar-refractivity contribution in [2.24, 2.45) is 0 Å². The summed E-state index contributed by atoms with van der Waals surface area (Å²) in [6, 6.07) is 0. The fourth-order valence-corrected chi connectivity index (χ4v) is 3.57. The van der Waals surface area contributed by atoms with Gasteiger partial charge in [0.15, 0.2) is 5.76 Å². The molecule has 0 aliphatic carbocycles. The van der Waals surface area contributed by atoms with Crippen molar-refractivity contribution in [2.75, 3.05) is 45.8 Å². The molecule has 3 rings (SSSR count). The SMILES string of the molecule is Cc1noc(C(C)C)c1C(=O)N1CCN(CC(=O)N2CCCC2)CC1. The van der Waals surface area contributed by atoms with Crippen LogP contribution < -0.4 is 0 Å². The van der Waals surface area contributed by atoms with Crippen LogP contribution in [0.15, 0.2) is 4.52 Å². The van der Waals surface area contributed by atoms with Crippen LogP contribution in [0.1, 0.15) is 54.4 Å². The van der Waals surface area contributed by atoms with E-state index in [0.717, 1.165) is 39.0 Å². The Kier molecular flexibility index (Phi) is 5.42. The average Bonchev–Trinajstić information content (AvgIpc) is 3.24. The molecule has 138 valence electrons. The number of aryl methyl sites for hydroxylation is 1. The van der Waals surface area contributed by atoms with Crippen molar-refractivity contribution in [1.82, 2.24) is 19.9 Å². The van der Waals surface area contributed by atoms with Gasteiger partial charge in [-0.1, -0.05) is 19.0 Å². The topological polar surface area (TPSA) is 69.9 Å². The normalized spacial score (nSPS) is 19.0. The Morgan fingerprint density at radius 1 is 1.04 bits per heavy atom. The molecule has 25 heavy (non-hydrogen) atoms. The van der Waals surface area contributed by atoms with E-state index in [1.165, 1.54) is 0 Å². The van der Waals surface area contributed by atoms with E-state index in [1.54, 1.807) is 0 Å². The van der Waals surface area contributed by atoms with Gasteiger partial charge in [-0.15, -0.1) is 0 Å². The predicted octanol–water partition coefficient (Wildman–Crippen LogP) is 1.49. The van der Waals surface area contributed by atoms with Gasteiger partial charge in [-0.2, -0.15) is 0 Å². The molecule has 7 nitrogen and oxygen atoms in total. The molecule has 0 N–H and O–H groups in total. The summed E-state index contributed by atoms with van der Waals surface area (Å²) < 4.78 is 5.34. The molecule has 2 amide bonds. The minimum atomic E-state index is -0.00651. The van der Waals surface area contributed by atoms with Crippen molar-refractivity contribution in [3.05, 3.63) is 17.0 Å². The number of rotatable bonds is 4. The predicted molar refractivity (Wildman–Crippen MR) is 93.5 cm³/mol. The van der Waals surface area contributed by atoms with E-state index >= 15 is 0 Å². The van der Waals surface area contributed by atoms with Crippen LogP contribution in [0, 0.1) is 6.92 Å². The van der Waals surface area contributed by atoms with E-state index in [-0.39, 0.29) is 17.7 Å². The molecular formula is C18H28N4O3. The maximum atomic E-state index is 12.9. The van der Waals surface area contributed by atoms with Crippen LogP contribution in [-0.4, -0.2) is 77.5 Å². The second kappa shape index (κ2) is 7.56. The number of piperazine rings is 1. The average molecular weight is 348 g/mol. The third-order valence-electron chi connectivity index (χ3n) is 5.10. The van der Waals surface area contributed by atoms with Crippen molar-refractivity contribution >= 4 is 11.8 Å². The molecule has 0 unspecified atom stereocenters. The standard InChI is InChI=1S/C18H28N4O3/c1-13(2)17-16(14(3)19-25-17)18(24)22-10-8-20(9-11-22)12-15(23)21-6-4-5-7-21/h13H,4-12H2,1-3H3. The van der Waals surface area contributed by atoms with Crippen molar-refractivity contribution in [3.8, 4) is 0 Å². The maximum absolute atomic E-state index is 12.9. The Labute approximate surface area is 148 Å². The van der Waals surface area contributed by atoms with E-state index in [9.17, 15) is 9.59 Å². The van der Waals surface area contributed by atoms with Crippen LogP contribution in [-0.2, 0) is 4.79 Å². The smallest absolute Gasteiger partial charge is 0.259 e. The van der Waals surface area contributed by atoms with E-state index in [1.807, 2.05) is 30.6 Å². The first-order valence-electron chi connectivity index (χ1n) is 9.23. The van der Waals surface area contributed by atoms with E-state index in [0.29, 0.717) is 36.7 Å². The minimum Gasteiger partial charge on any atom is -0.360 e. The van der Waals surface area contributed by atoms with Crippen LogP contribution in [0.25, 0.3) is 0 Å². The lowest BCUT2D eigenvalue weighted by molar-refractivity contribution is -0.131. The largest absolute Gasteiger partial charge is 0.360 e. The summed E-state index contributed by atoms with van der Waals surface area (Å²) in [6.45, 7) is 10.8. The second-order valence-electron chi connectivity index (χ2n) is 7.32. The summed E-state index contributed by atoms with van der Waals surface area (Å²) in [5, 5.41) is 3.97. The van der Waals surface area contributed by atoms with Crippen molar-refractivity contribution in [1.29, 1.82) is 0 Å². The van der Waals surface area contributed by atoms with Crippen LogP contribution in [0.3, 0.4) is 0 Å². The van der Waals surface area contributed by atoms with Crippen molar-refractivity contribution < 1.29 is 14.1 Å². The Balaban J connectivity index is 1.56. The van der Waals surface area contributed by atoms with Crippen LogP contribution >= 0.6 is 0 Å². The van der Waals surface area contributed by atoms with Crippen molar-refractivity contribution in [2.45, 2.75) is 39.5 Å². The molecule has 0 saturated carbocycles. The first-order valence-corrected chi connectivity index (χ1v) is 9.23. The molecule has 0 radical (unpaired) electrons. The second-order valence-corrected chi connectivity index (χ2v) is 7.32. The zero-order valence-corrected chi connectivity index (χ0v) is 15.5. The highest BCUT2D eigenvalue weighted by molar-refractivity contribution is 5.96. The fourth-order valence-electron chi connectivity index (χ4n) is 3.57. The van der Waals surface area contributed by atoms with Crippen molar-refractivity contribution in [3.63, 3.8) is 0 Å². The molecule has 2 fully saturated rings. The summed E-state index contributed by atoms with van der Waals surface area (Å²) in [5.41, 5.74) is 1.26. The minimum absolute atomic E-state index is 0.00651. The number of carbonyl (C=O) groups is 2. The van der Waals surface area contributed by atoms with Gasteiger partial charge in [0, 0.05) is 45.2 Å². The molecule has 2 saturated heterocycles. The van der Waals surface area contributed by atoms with E-state index in [2.05, 4.69) is 10.1 Å². The third-order valence-corrected chi connectivity index (χ3v) is 5.10. The van der Waals surface area contributed by atoms with E-state index in [4.69, 9.17) is 4.52 Å². The molecule has 0 bridgehead atoms. The Morgan fingerprint density at radius 2 is 1.68 bits per heavy atom. The molecule has 2 aliphatic heterocycles. The molecule has 0 aromatic carbocycles. The molecule has 7 heteroatoms. The van der Waals surface area contributed by atoms with Gasteiger partial charge in [0.25, 0.3) is 5.91 Å². The zero-order chi connectivity index (χ0) is 18.0. The molecular weight excluding hydrogens is 320 g/mol. The van der Waals surface area contributed by atoms with Gasteiger partial charge < -0.3 is 14.3 Å². The lowest BCUT2D eigenvalue weighted by Crippen LogP contribution is -2.51. The summed E-state index contributed by atoms with van der Waals surface area (Å²) in [4.78, 5) is 31.1. The number of hydrogen-bond acceptors (Lipinski definition) is 5. The highest BCUT2D eigenvalue weighted by Gasteiger charge is 2.30. The Morgan fingerprint density at radius 3 is 2.28 bits per heavy atom. The maximum Gasteiger partial charge on any atom is 0.259 e. The van der Waals surface area contributed by atoms with Gasteiger partial charge in [-0.05, 0) is 19.8 Å². The summed E-state index contributed by atoms with van der Waals surface area (Å²) in [5.74, 6) is 0.996. The van der Waals surface area contributed by atoms with Gasteiger partial charge >= 0.3 is 0 Å². The van der Waals surface area contributed by atoms with Crippen LogP contribution in [0.4, 0.5) is 0 Å². The third kappa shape index (κ3) is 3.86. The van der Waals surface area contributed by atoms with Crippen LogP contribution in [0.5, 0.6) is 0 Å². The number of hydrogen-bond donors (Lipinski definition) is 0. The molecule has 3 heterocycles. The molecule has 2 aliphatic rings. The number of aromatic nitrogens is 1. The lowest BCUT2D eigenvalue weighted by atomic mass is 10.0. The molecule has 1 aromatic heterocycles. The summed E-state index contributed by atoms with van der Waals surface area (Å²) in [6.07, 6.45) is 2.23. The fraction of sp³-hybridized carbons (Fsp3) is 0.722. The van der Waals surface area contributed by atoms with Gasteiger partial charge in [-0.25, -0.2) is 0 Å². The number of amides is 2. The highest BCUT2D eigenvalue weighted by Crippen LogP contribution is 2.24. The molecule has 0 spiro atoms. The van der Waals surface area contributed by atoms with Gasteiger partial charge in [0.05, 0.1) is 12.2 Å². The zero-order valence-electron chi connectivity index (χ0n) is 15.5. The Hall–Kier alpha value is -1.89. The summed E-state index contributed by atoms with van der Waals surface area (Å²) >= 11 is 0. The molecule has 0 atom stereocenters. The highest BCUT2D eigenvalue weighted by atomic mass is 16.5. The molecule has 1 aromatic rings. The number of nitrogens with zero attached hydrogens (tertiary/aromatic N) is 4. The van der Waals surface area contributed by atoms with E-state index < -0.39 is 0 Å².